The van der Waals surface area contributed by atoms with Gasteiger partial charge in [-0.15, -0.1) is 0 Å². The number of aliphatic carboxylic acids is 1. The molecule has 0 atom stereocenters. The number of nitrogens with zero attached hydrogens (tertiary/aromatic N) is 2. The van der Waals surface area contributed by atoms with Gasteiger partial charge in [0.2, 0.25) is 10.0 Å². The summed E-state index contributed by atoms with van der Waals surface area (Å²) in [6.45, 7) is 0. The normalized spacial score (nSPS) is 11.2. The Labute approximate surface area is 186 Å². The van der Waals surface area contributed by atoms with Gasteiger partial charge >= 0.3 is 12.1 Å². The highest BCUT2D eigenvalue weighted by molar-refractivity contribution is 7.89. The molecule has 1 heterocycles. The van der Waals surface area contributed by atoms with Crippen molar-refractivity contribution >= 4 is 39.0 Å². The Morgan fingerprint density at radius 1 is 0.939 bits per heavy atom. The van der Waals surface area contributed by atoms with Crippen LogP contribution in [-0.2, 0) is 14.8 Å². The van der Waals surface area contributed by atoms with Crippen LogP contribution < -0.4 is 15.4 Å². The predicted molar refractivity (Wildman–Crippen MR) is 113 cm³/mol. The number of hydrogen-bond donors (Lipinski definition) is 5. The quantitative estimate of drug-likeness (QED) is 0.354. The molecule has 3 aromatic rings. The number of aromatic nitrogens is 2. The maximum Gasteiger partial charge on any atom is 0.490 e. The molecule has 0 bridgehead atoms. The van der Waals surface area contributed by atoms with Crippen molar-refractivity contribution < 1.29 is 36.6 Å². The van der Waals surface area contributed by atoms with Crippen molar-refractivity contribution in [1.82, 2.24) is 14.7 Å². The van der Waals surface area contributed by atoms with Crippen molar-refractivity contribution in [2.75, 3.05) is 17.7 Å². The van der Waals surface area contributed by atoms with Gasteiger partial charge in [0.15, 0.2) is 0 Å². The lowest BCUT2D eigenvalue weighted by Crippen LogP contribution is -2.21. The third-order valence-corrected chi connectivity index (χ3v) is 5.13. The molecule has 10 nitrogen and oxygen atoms in total. The Morgan fingerprint density at radius 3 is 1.94 bits per heavy atom. The van der Waals surface area contributed by atoms with Gasteiger partial charge in [-0.3, -0.25) is 0 Å². The fourth-order valence-electron chi connectivity index (χ4n) is 2.23. The summed E-state index contributed by atoms with van der Waals surface area (Å²) in [5.41, 5.74) is 1.25. The van der Waals surface area contributed by atoms with Crippen molar-refractivity contribution in [3.05, 3.63) is 60.9 Å². The molecule has 14 heteroatoms. The Bertz CT molecular complexity index is 1220. The zero-order chi connectivity index (χ0) is 24.6. The average Bonchev–Trinajstić information content (AvgIpc) is 2.74. The Hall–Kier alpha value is -3.91. The number of nitrogens with one attached hydrogen (secondary N) is 3. The van der Waals surface area contributed by atoms with Gasteiger partial charge in [-0.05, 0) is 37.4 Å². The highest BCUT2D eigenvalue weighted by Crippen LogP contribution is 2.23. The number of phenolic OH excluding ortho intramolecular Hbond substituents is 1. The van der Waals surface area contributed by atoms with Gasteiger partial charge < -0.3 is 20.8 Å². The standard InChI is InChI=1S/C17H17N5O3S.C2HF3O2/c1-18-26(24,25)15-7-3-5-13(9-15)22-17-10-16(19-11-20-17)21-12-4-2-6-14(23)8-12;3-2(4,5)1(6)7/h2-11,18,23H,1H3,(H2,19,20,21,22);(H,6,7). The predicted octanol–water partition coefficient (Wildman–Crippen LogP) is 3.21. The second-order valence-corrected chi connectivity index (χ2v) is 8.01. The van der Waals surface area contributed by atoms with E-state index in [1.165, 1.54) is 25.5 Å². The van der Waals surface area contributed by atoms with E-state index in [0.29, 0.717) is 23.0 Å². The van der Waals surface area contributed by atoms with Crippen molar-refractivity contribution in [1.29, 1.82) is 0 Å². The van der Waals surface area contributed by atoms with Crippen LogP contribution in [0.25, 0.3) is 0 Å². The molecular formula is C19H18F3N5O5S. The minimum atomic E-state index is -5.08. The number of sulfonamides is 1. The van der Waals surface area contributed by atoms with E-state index in [1.54, 1.807) is 42.5 Å². The molecule has 0 aliphatic rings. The molecule has 0 saturated carbocycles. The molecule has 3 rings (SSSR count). The van der Waals surface area contributed by atoms with E-state index in [4.69, 9.17) is 9.90 Å². The molecule has 0 spiro atoms. The first-order valence-corrected chi connectivity index (χ1v) is 10.4. The lowest BCUT2D eigenvalue weighted by Gasteiger charge is -2.10. The number of carboxylic acid groups (broad SMARTS) is 1. The topological polar surface area (TPSA) is 154 Å². The first-order chi connectivity index (χ1) is 15.4. The second-order valence-electron chi connectivity index (χ2n) is 6.13. The van der Waals surface area contributed by atoms with E-state index in [9.17, 15) is 26.7 Å². The number of aromatic hydroxyl groups is 1. The maximum atomic E-state index is 11.9. The Kier molecular flexibility index (Phi) is 8.15. The first kappa shape index (κ1) is 25.4. The number of halogens is 3. The van der Waals surface area contributed by atoms with E-state index >= 15 is 0 Å². The molecule has 0 fully saturated rings. The maximum absolute atomic E-state index is 11.9. The third-order valence-electron chi connectivity index (χ3n) is 3.71. The number of anilines is 4. The van der Waals surface area contributed by atoms with Gasteiger partial charge in [0.25, 0.3) is 0 Å². The van der Waals surface area contributed by atoms with Crippen LogP contribution in [0.1, 0.15) is 0 Å². The van der Waals surface area contributed by atoms with E-state index in [-0.39, 0.29) is 10.6 Å². The van der Waals surface area contributed by atoms with Crippen LogP contribution in [0, 0.1) is 0 Å². The van der Waals surface area contributed by atoms with Crippen LogP contribution in [0.4, 0.5) is 36.2 Å². The first-order valence-electron chi connectivity index (χ1n) is 8.89. The lowest BCUT2D eigenvalue weighted by atomic mass is 10.3. The fraction of sp³-hybridized carbons (Fsp3) is 0.105. The molecule has 2 aromatic carbocycles. The number of alkyl halides is 3. The van der Waals surface area contributed by atoms with Gasteiger partial charge in [0, 0.05) is 23.5 Å². The van der Waals surface area contributed by atoms with E-state index in [2.05, 4.69) is 25.3 Å². The molecule has 5 N–H and O–H groups in total. The van der Waals surface area contributed by atoms with Crippen molar-refractivity contribution in [2.45, 2.75) is 11.1 Å². The van der Waals surface area contributed by atoms with E-state index in [1.807, 2.05) is 0 Å². The molecule has 0 amide bonds. The minimum absolute atomic E-state index is 0.143. The number of hydrogen-bond acceptors (Lipinski definition) is 8. The van der Waals surface area contributed by atoms with Crippen LogP contribution in [-0.4, -0.2) is 47.8 Å². The summed E-state index contributed by atoms with van der Waals surface area (Å²) in [7, 11) is -2.16. The van der Waals surface area contributed by atoms with Crippen LogP contribution in [0.3, 0.4) is 0 Å². The lowest BCUT2D eigenvalue weighted by molar-refractivity contribution is -0.192. The molecule has 0 aliphatic carbocycles. The molecule has 0 aliphatic heterocycles. The largest absolute Gasteiger partial charge is 0.508 e. The van der Waals surface area contributed by atoms with Gasteiger partial charge in [-0.2, -0.15) is 13.2 Å². The van der Waals surface area contributed by atoms with Crippen LogP contribution >= 0.6 is 0 Å². The summed E-state index contributed by atoms with van der Waals surface area (Å²) < 4.78 is 57.8. The number of phenols is 1. The van der Waals surface area contributed by atoms with Crippen molar-refractivity contribution in [2.24, 2.45) is 0 Å². The van der Waals surface area contributed by atoms with Crippen molar-refractivity contribution in [3.8, 4) is 5.75 Å². The number of benzene rings is 2. The molecule has 33 heavy (non-hydrogen) atoms. The average molecular weight is 485 g/mol. The van der Waals surface area contributed by atoms with Crippen LogP contribution in [0.15, 0.2) is 65.8 Å². The zero-order valence-electron chi connectivity index (χ0n) is 16.8. The molecule has 0 radical (unpaired) electrons. The molecular weight excluding hydrogens is 467 g/mol. The number of rotatable bonds is 6. The fourth-order valence-corrected chi connectivity index (χ4v) is 3.01. The summed E-state index contributed by atoms with van der Waals surface area (Å²) in [6.07, 6.45) is -3.71. The zero-order valence-corrected chi connectivity index (χ0v) is 17.6. The SMILES string of the molecule is CNS(=O)(=O)c1cccc(Nc2cc(Nc3cccc(O)c3)ncn2)c1.O=C(O)C(F)(F)F. The molecule has 176 valence electrons. The summed E-state index contributed by atoms with van der Waals surface area (Å²) in [5, 5.41) is 22.7. The molecule has 1 aromatic heterocycles. The summed E-state index contributed by atoms with van der Waals surface area (Å²) >= 11 is 0. The van der Waals surface area contributed by atoms with E-state index < -0.39 is 22.2 Å². The minimum Gasteiger partial charge on any atom is -0.508 e. The second kappa shape index (κ2) is 10.6. The van der Waals surface area contributed by atoms with E-state index in [0.717, 1.165) is 0 Å². The highest BCUT2D eigenvalue weighted by atomic mass is 32.2. The highest BCUT2D eigenvalue weighted by Gasteiger charge is 2.38. The number of carboxylic acids is 1. The van der Waals surface area contributed by atoms with Crippen LogP contribution in [0.5, 0.6) is 5.75 Å². The Balaban J connectivity index is 0.000000479. The molecule has 0 unspecified atom stereocenters. The van der Waals surface area contributed by atoms with Gasteiger partial charge in [0.1, 0.15) is 23.7 Å². The monoisotopic (exact) mass is 485 g/mol. The van der Waals surface area contributed by atoms with Gasteiger partial charge in [-0.1, -0.05) is 12.1 Å². The molecule has 0 saturated heterocycles. The summed E-state index contributed by atoms with van der Waals surface area (Å²) in [5.74, 6) is -1.61. The third kappa shape index (κ3) is 7.93. The number of carbonyl (C=O) groups is 1. The van der Waals surface area contributed by atoms with Gasteiger partial charge in [-0.25, -0.2) is 27.9 Å². The van der Waals surface area contributed by atoms with Crippen molar-refractivity contribution in [3.63, 3.8) is 0 Å². The Morgan fingerprint density at radius 2 is 1.45 bits per heavy atom. The summed E-state index contributed by atoms with van der Waals surface area (Å²) in [4.78, 5) is 17.3. The smallest absolute Gasteiger partial charge is 0.490 e. The summed E-state index contributed by atoms with van der Waals surface area (Å²) in [6, 6.07) is 14.7. The van der Waals surface area contributed by atoms with Crippen LogP contribution in [0.2, 0.25) is 0 Å². The van der Waals surface area contributed by atoms with Gasteiger partial charge in [0.05, 0.1) is 4.90 Å².